The molecule has 37 heavy (non-hydrogen) atoms. The second kappa shape index (κ2) is 10.5. The van der Waals surface area contributed by atoms with Gasteiger partial charge in [-0.3, -0.25) is 9.69 Å². The van der Waals surface area contributed by atoms with E-state index in [1.165, 1.54) is 23.5 Å². The number of rotatable bonds is 7. The Morgan fingerprint density at radius 1 is 0.946 bits per heavy atom. The lowest BCUT2D eigenvalue weighted by molar-refractivity contribution is -0.126. The minimum atomic E-state index is -1.21. The van der Waals surface area contributed by atoms with Crippen LogP contribution in [0.25, 0.3) is 17.2 Å². The van der Waals surface area contributed by atoms with Gasteiger partial charge in [0.15, 0.2) is 6.23 Å². The fraction of sp³-hybridized carbons (Fsp3) is 0.344. The normalized spacial score (nSPS) is 21.4. The van der Waals surface area contributed by atoms with Crippen LogP contribution >= 0.6 is 0 Å². The van der Waals surface area contributed by atoms with E-state index in [4.69, 9.17) is 0 Å². The van der Waals surface area contributed by atoms with Gasteiger partial charge >= 0.3 is 0 Å². The SMILES string of the molecule is C/C=C/c1cc(F)cc(N(C(=O)C2CC3CCC2C3)C(O)c2ccc(-c3ccc(N(C)C)cc3)cc2)c1. The summed E-state index contributed by atoms with van der Waals surface area (Å²) in [5.41, 5.74) is 4.86. The molecule has 2 fully saturated rings. The first-order chi connectivity index (χ1) is 17.8. The number of carbonyl (C=O) groups excluding carboxylic acids is 1. The highest BCUT2D eigenvalue weighted by Crippen LogP contribution is 2.49. The summed E-state index contributed by atoms with van der Waals surface area (Å²) in [4.78, 5) is 17.4. The second-order valence-electron chi connectivity index (χ2n) is 10.7. The average Bonchev–Trinajstić information content (AvgIpc) is 3.53. The van der Waals surface area contributed by atoms with Gasteiger partial charge in [-0.1, -0.05) is 55.0 Å². The summed E-state index contributed by atoms with van der Waals surface area (Å²) in [6.07, 6.45) is 6.59. The minimum Gasteiger partial charge on any atom is -0.378 e. The summed E-state index contributed by atoms with van der Waals surface area (Å²) in [6, 6.07) is 20.5. The molecule has 3 aromatic rings. The average molecular weight is 499 g/mol. The van der Waals surface area contributed by atoms with E-state index in [0.717, 1.165) is 36.1 Å². The molecule has 2 aliphatic carbocycles. The topological polar surface area (TPSA) is 43.8 Å². The molecule has 5 rings (SSSR count). The molecule has 2 aliphatic rings. The smallest absolute Gasteiger partial charge is 0.232 e. The van der Waals surface area contributed by atoms with Crippen LogP contribution in [0.1, 0.15) is 50.0 Å². The summed E-state index contributed by atoms with van der Waals surface area (Å²) in [7, 11) is 4.02. The number of carbonyl (C=O) groups is 1. The predicted molar refractivity (Wildman–Crippen MR) is 149 cm³/mol. The number of hydrogen-bond acceptors (Lipinski definition) is 3. The third kappa shape index (κ3) is 5.19. The van der Waals surface area contributed by atoms with E-state index < -0.39 is 12.0 Å². The lowest BCUT2D eigenvalue weighted by atomic mass is 9.87. The van der Waals surface area contributed by atoms with Crippen molar-refractivity contribution in [3.63, 3.8) is 0 Å². The Kier molecular flexibility index (Phi) is 7.16. The van der Waals surface area contributed by atoms with Crippen LogP contribution in [0.4, 0.5) is 15.8 Å². The number of anilines is 2. The van der Waals surface area contributed by atoms with Crippen molar-refractivity contribution in [1.82, 2.24) is 0 Å². The Bertz CT molecular complexity index is 1280. The van der Waals surface area contributed by atoms with Crippen LogP contribution in [0.2, 0.25) is 0 Å². The van der Waals surface area contributed by atoms with Gasteiger partial charge in [0.2, 0.25) is 5.91 Å². The molecule has 2 saturated carbocycles. The van der Waals surface area contributed by atoms with Crippen LogP contribution in [0.15, 0.2) is 72.8 Å². The molecule has 192 valence electrons. The molecule has 2 bridgehead atoms. The quantitative estimate of drug-likeness (QED) is 0.355. The first-order valence-corrected chi connectivity index (χ1v) is 13.2. The molecule has 4 unspecified atom stereocenters. The Morgan fingerprint density at radius 2 is 1.62 bits per heavy atom. The van der Waals surface area contributed by atoms with Gasteiger partial charge in [-0.05, 0) is 85.0 Å². The fourth-order valence-electron chi connectivity index (χ4n) is 6.09. The van der Waals surface area contributed by atoms with Crippen molar-refractivity contribution in [2.45, 2.75) is 38.8 Å². The monoisotopic (exact) mass is 498 g/mol. The third-order valence-corrected chi connectivity index (χ3v) is 8.01. The predicted octanol–water partition coefficient (Wildman–Crippen LogP) is 7.05. The summed E-state index contributed by atoms with van der Waals surface area (Å²) >= 11 is 0. The molecule has 3 aromatic carbocycles. The lowest BCUT2D eigenvalue weighted by Crippen LogP contribution is -2.41. The van der Waals surface area contributed by atoms with Crippen LogP contribution in [0.3, 0.4) is 0 Å². The fourth-order valence-corrected chi connectivity index (χ4v) is 6.09. The molecule has 0 radical (unpaired) electrons. The lowest BCUT2D eigenvalue weighted by Gasteiger charge is -2.33. The number of fused-ring (bicyclic) bond motifs is 2. The highest BCUT2D eigenvalue weighted by Gasteiger charge is 2.45. The number of aliphatic hydroxyl groups is 1. The van der Waals surface area contributed by atoms with Crippen molar-refractivity contribution in [1.29, 1.82) is 0 Å². The van der Waals surface area contributed by atoms with Crippen LogP contribution < -0.4 is 9.80 Å². The van der Waals surface area contributed by atoms with E-state index in [9.17, 15) is 14.3 Å². The molecule has 4 nitrogen and oxygen atoms in total. The molecule has 0 aromatic heterocycles. The zero-order valence-electron chi connectivity index (χ0n) is 21.8. The molecule has 4 atom stereocenters. The molecule has 0 heterocycles. The first-order valence-electron chi connectivity index (χ1n) is 13.2. The van der Waals surface area contributed by atoms with E-state index in [1.54, 1.807) is 12.1 Å². The Labute approximate surface area is 219 Å². The van der Waals surface area contributed by atoms with Gasteiger partial charge in [0, 0.05) is 31.3 Å². The van der Waals surface area contributed by atoms with Crippen molar-refractivity contribution in [3.05, 3.63) is 89.8 Å². The first kappa shape index (κ1) is 25.2. The minimum absolute atomic E-state index is 0.111. The molecule has 0 saturated heterocycles. The Morgan fingerprint density at radius 3 is 2.19 bits per heavy atom. The Balaban J connectivity index is 1.47. The molecule has 0 aliphatic heterocycles. The van der Waals surface area contributed by atoms with Crippen molar-refractivity contribution in [3.8, 4) is 11.1 Å². The maximum Gasteiger partial charge on any atom is 0.232 e. The van der Waals surface area contributed by atoms with Gasteiger partial charge in [-0.25, -0.2) is 4.39 Å². The van der Waals surface area contributed by atoms with Gasteiger partial charge in [0.25, 0.3) is 0 Å². The van der Waals surface area contributed by atoms with Crippen molar-refractivity contribution in [2.75, 3.05) is 23.9 Å². The number of hydrogen-bond donors (Lipinski definition) is 1. The Hall–Kier alpha value is -3.44. The van der Waals surface area contributed by atoms with Crippen molar-refractivity contribution in [2.24, 2.45) is 17.8 Å². The van der Waals surface area contributed by atoms with Gasteiger partial charge < -0.3 is 10.0 Å². The highest BCUT2D eigenvalue weighted by atomic mass is 19.1. The summed E-state index contributed by atoms with van der Waals surface area (Å²) in [5.74, 6) is 0.266. The van der Waals surface area contributed by atoms with E-state index >= 15 is 0 Å². The highest BCUT2D eigenvalue weighted by molar-refractivity contribution is 5.96. The van der Waals surface area contributed by atoms with Crippen molar-refractivity contribution >= 4 is 23.4 Å². The van der Waals surface area contributed by atoms with Gasteiger partial charge in [0.1, 0.15) is 5.82 Å². The zero-order valence-corrected chi connectivity index (χ0v) is 21.8. The summed E-state index contributed by atoms with van der Waals surface area (Å²) < 4.78 is 14.6. The number of aliphatic hydroxyl groups excluding tert-OH is 1. The van der Waals surface area contributed by atoms with Gasteiger partial charge in [-0.15, -0.1) is 0 Å². The number of nitrogens with zero attached hydrogens (tertiary/aromatic N) is 2. The molecular weight excluding hydrogens is 463 g/mol. The zero-order chi connectivity index (χ0) is 26.1. The molecule has 5 heteroatoms. The molecule has 1 amide bonds. The van der Waals surface area contributed by atoms with E-state index in [2.05, 4.69) is 29.2 Å². The maximum absolute atomic E-state index is 14.6. The van der Waals surface area contributed by atoms with Crippen molar-refractivity contribution < 1.29 is 14.3 Å². The molecule has 0 spiro atoms. The molecular formula is C32H35FN2O2. The largest absolute Gasteiger partial charge is 0.378 e. The number of halogens is 1. The van der Waals surface area contributed by atoms with Gasteiger partial charge in [0.05, 0.1) is 5.69 Å². The summed E-state index contributed by atoms with van der Waals surface area (Å²) in [5, 5.41) is 11.6. The standard InChI is InChI=1S/C32H35FN2O2/c1-4-5-21-17-27(33)20-29(18-21)35(32(37)30-19-22-6-7-26(30)16-22)31(36)25-10-8-23(9-11-25)24-12-14-28(15-13-24)34(2)3/h4-5,8-15,17-18,20,22,26,30-31,36H,6-7,16,19H2,1-3H3/b5-4+. The molecule has 1 N–H and O–H groups in total. The number of allylic oxidation sites excluding steroid dienone is 1. The number of amides is 1. The van der Waals surface area contributed by atoms with Gasteiger partial charge in [-0.2, -0.15) is 0 Å². The van der Waals surface area contributed by atoms with E-state index in [-0.39, 0.29) is 11.8 Å². The van der Waals surface area contributed by atoms with Crippen LogP contribution in [-0.2, 0) is 4.79 Å². The second-order valence-corrected chi connectivity index (χ2v) is 10.7. The summed E-state index contributed by atoms with van der Waals surface area (Å²) in [6.45, 7) is 1.87. The number of benzene rings is 3. The van der Waals surface area contributed by atoms with E-state index in [0.29, 0.717) is 28.7 Å². The third-order valence-electron chi connectivity index (χ3n) is 8.01. The van der Waals surface area contributed by atoms with Crippen LogP contribution in [-0.4, -0.2) is 25.1 Å². The van der Waals surface area contributed by atoms with Crippen LogP contribution in [0.5, 0.6) is 0 Å². The van der Waals surface area contributed by atoms with Crippen LogP contribution in [0, 0.1) is 23.6 Å². The van der Waals surface area contributed by atoms with E-state index in [1.807, 2.05) is 51.4 Å². The maximum atomic E-state index is 14.6.